The number of hydrogen-bond donors (Lipinski definition) is 0. The Morgan fingerprint density at radius 3 is 2.59 bits per heavy atom. The Bertz CT molecular complexity index is 1260. The molecule has 0 unspecified atom stereocenters. The summed E-state index contributed by atoms with van der Waals surface area (Å²) in [7, 11) is 1.62. The number of rotatable bonds is 7. The molecular weight excluding hydrogens is 428 g/mol. The Morgan fingerprint density at radius 1 is 1.03 bits per heavy atom. The molecule has 5 rings (SSSR count). The fraction of sp³-hybridized carbons (Fsp3) is 0.130. The number of ether oxygens (including phenoxy) is 3. The summed E-state index contributed by atoms with van der Waals surface area (Å²) in [6.07, 6.45) is 3.41. The van der Waals surface area contributed by atoms with Gasteiger partial charge in [0.25, 0.3) is 0 Å². The molecule has 0 saturated carbocycles. The summed E-state index contributed by atoms with van der Waals surface area (Å²) in [5.41, 5.74) is 2.30. The fourth-order valence-corrected chi connectivity index (χ4v) is 4.15. The lowest BCUT2D eigenvalue weighted by molar-refractivity contribution is 0.102. The molecule has 1 aliphatic heterocycles. The molecule has 4 aromatic rings. The lowest BCUT2D eigenvalue weighted by Crippen LogP contribution is -2.05. The minimum absolute atomic E-state index is 0.0388. The van der Waals surface area contributed by atoms with Crippen LogP contribution in [0.4, 0.5) is 0 Å². The lowest BCUT2D eigenvalue weighted by atomic mass is 10.1. The van der Waals surface area contributed by atoms with Crippen LogP contribution in [0.25, 0.3) is 17.1 Å². The third kappa shape index (κ3) is 3.90. The van der Waals surface area contributed by atoms with Crippen LogP contribution in [-0.4, -0.2) is 45.2 Å². The second kappa shape index (κ2) is 8.72. The molecule has 0 amide bonds. The molecule has 2 aromatic heterocycles. The van der Waals surface area contributed by atoms with Crippen molar-refractivity contribution in [2.24, 2.45) is 0 Å². The van der Waals surface area contributed by atoms with Crippen molar-refractivity contribution < 1.29 is 19.0 Å². The second-order valence-corrected chi connectivity index (χ2v) is 7.80. The molecule has 9 heteroatoms. The van der Waals surface area contributed by atoms with E-state index >= 15 is 0 Å². The lowest BCUT2D eigenvalue weighted by Gasteiger charge is -2.11. The first-order valence-corrected chi connectivity index (χ1v) is 10.8. The molecule has 0 spiro atoms. The molecule has 0 bridgehead atoms. The van der Waals surface area contributed by atoms with Gasteiger partial charge in [-0.05, 0) is 54.6 Å². The fourth-order valence-electron chi connectivity index (χ4n) is 3.30. The van der Waals surface area contributed by atoms with Crippen LogP contribution in [0.2, 0.25) is 0 Å². The zero-order valence-electron chi connectivity index (χ0n) is 17.1. The first kappa shape index (κ1) is 20.1. The summed E-state index contributed by atoms with van der Waals surface area (Å²) in [5.74, 6) is 2.81. The number of benzene rings is 2. The SMILES string of the molecule is COc1ccc(-n2c(SCC(=O)c3ccc4c(c3)OCO4)nnc2-c2ccncc2)cc1. The van der Waals surface area contributed by atoms with Gasteiger partial charge in [-0.1, -0.05) is 11.8 Å². The number of aromatic nitrogens is 4. The molecule has 8 nitrogen and oxygen atoms in total. The highest BCUT2D eigenvalue weighted by atomic mass is 32.2. The molecule has 0 saturated heterocycles. The van der Waals surface area contributed by atoms with Crippen molar-refractivity contribution in [3.8, 4) is 34.3 Å². The monoisotopic (exact) mass is 446 g/mol. The molecule has 160 valence electrons. The van der Waals surface area contributed by atoms with Crippen LogP contribution in [0.5, 0.6) is 17.2 Å². The maximum absolute atomic E-state index is 12.8. The standard InChI is InChI=1S/C23H18N4O4S/c1-29-18-5-3-17(4-6-18)27-22(15-8-10-24-11-9-15)25-26-23(27)32-13-19(28)16-2-7-20-21(12-16)31-14-30-20/h2-12H,13-14H2,1H3. The quantitative estimate of drug-likeness (QED) is 0.310. The molecule has 0 fully saturated rings. The van der Waals surface area contributed by atoms with E-state index in [0.29, 0.717) is 28.0 Å². The van der Waals surface area contributed by atoms with Crippen molar-refractivity contribution in [2.75, 3.05) is 19.7 Å². The highest BCUT2D eigenvalue weighted by molar-refractivity contribution is 7.99. The number of thioether (sulfide) groups is 1. The van der Waals surface area contributed by atoms with Gasteiger partial charge >= 0.3 is 0 Å². The number of hydrogen-bond acceptors (Lipinski definition) is 8. The van der Waals surface area contributed by atoms with Gasteiger partial charge in [0.1, 0.15) is 5.75 Å². The van der Waals surface area contributed by atoms with E-state index in [4.69, 9.17) is 14.2 Å². The van der Waals surface area contributed by atoms with Crippen molar-refractivity contribution in [1.29, 1.82) is 0 Å². The minimum atomic E-state index is -0.0388. The van der Waals surface area contributed by atoms with Gasteiger partial charge in [-0.3, -0.25) is 14.3 Å². The smallest absolute Gasteiger partial charge is 0.231 e. The largest absolute Gasteiger partial charge is 0.497 e. The summed E-state index contributed by atoms with van der Waals surface area (Å²) in [4.78, 5) is 16.9. The molecular formula is C23H18N4O4S. The van der Waals surface area contributed by atoms with Gasteiger partial charge in [0.15, 0.2) is 28.3 Å². The van der Waals surface area contributed by atoms with Crippen LogP contribution < -0.4 is 14.2 Å². The highest BCUT2D eigenvalue weighted by Gasteiger charge is 2.20. The Balaban J connectivity index is 1.44. The second-order valence-electron chi connectivity index (χ2n) is 6.86. The number of ketones is 1. The number of fused-ring (bicyclic) bond motifs is 1. The molecule has 1 aliphatic rings. The van der Waals surface area contributed by atoms with Gasteiger partial charge in [-0.25, -0.2) is 0 Å². The summed E-state index contributed by atoms with van der Waals surface area (Å²) < 4.78 is 17.9. The molecule has 3 heterocycles. The first-order valence-electron chi connectivity index (χ1n) is 9.79. The summed E-state index contributed by atoms with van der Waals surface area (Å²) in [5, 5.41) is 9.36. The van der Waals surface area contributed by atoms with E-state index in [1.165, 1.54) is 11.8 Å². The van der Waals surface area contributed by atoms with Gasteiger partial charge in [0.05, 0.1) is 12.9 Å². The number of carbonyl (C=O) groups is 1. The van der Waals surface area contributed by atoms with Crippen LogP contribution in [0.1, 0.15) is 10.4 Å². The van der Waals surface area contributed by atoms with Gasteiger partial charge in [-0.2, -0.15) is 0 Å². The van der Waals surface area contributed by atoms with Crippen molar-refractivity contribution in [3.05, 3.63) is 72.6 Å². The Kier molecular flexibility index (Phi) is 5.47. The Morgan fingerprint density at radius 2 is 1.81 bits per heavy atom. The summed E-state index contributed by atoms with van der Waals surface area (Å²) in [6.45, 7) is 0.171. The van der Waals surface area contributed by atoms with Crippen molar-refractivity contribution in [1.82, 2.24) is 19.7 Å². The Labute approximate surface area is 188 Å². The minimum Gasteiger partial charge on any atom is -0.497 e. The van der Waals surface area contributed by atoms with Crippen molar-refractivity contribution in [3.63, 3.8) is 0 Å². The molecule has 32 heavy (non-hydrogen) atoms. The maximum Gasteiger partial charge on any atom is 0.231 e. The number of methoxy groups -OCH3 is 1. The molecule has 0 radical (unpaired) electrons. The van der Waals surface area contributed by atoms with E-state index in [9.17, 15) is 4.79 Å². The highest BCUT2D eigenvalue weighted by Crippen LogP contribution is 2.33. The van der Waals surface area contributed by atoms with Crippen LogP contribution in [-0.2, 0) is 0 Å². The average Bonchev–Trinajstić information content (AvgIpc) is 3.49. The third-order valence-electron chi connectivity index (χ3n) is 4.93. The van der Waals surface area contributed by atoms with Gasteiger partial charge < -0.3 is 14.2 Å². The predicted molar refractivity (Wildman–Crippen MR) is 119 cm³/mol. The molecule has 0 atom stereocenters. The van der Waals surface area contributed by atoms with Crippen molar-refractivity contribution in [2.45, 2.75) is 5.16 Å². The van der Waals surface area contributed by atoms with E-state index < -0.39 is 0 Å². The zero-order chi connectivity index (χ0) is 21.9. The van der Waals surface area contributed by atoms with Gasteiger partial charge in [-0.15, -0.1) is 10.2 Å². The number of carbonyl (C=O) groups excluding carboxylic acids is 1. The maximum atomic E-state index is 12.8. The van der Waals surface area contributed by atoms with Crippen LogP contribution >= 0.6 is 11.8 Å². The van der Waals surface area contributed by atoms with Gasteiger partial charge in [0, 0.05) is 29.2 Å². The normalized spacial score (nSPS) is 12.0. The molecule has 0 aliphatic carbocycles. The number of pyridine rings is 1. The van der Waals surface area contributed by atoms with E-state index in [1.807, 2.05) is 41.0 Å². The number of nitrogens with zero attached hydrogens (tertiary/aromatic N) is 4. The molecule has 0 N–H and O–H groups in total. The van der Waals surface area contributed by atoms with Crippen LogP contribution in [0.15, 0.2) is 72.1 Å². The van der Waals surface area contributed by atoms with Gasteiger partial charge in [0.2, 0.25) is 6.79 Å². The van der Waals surface area contributed by atoms with E-state index in [-0.39, 0.29) is 18.3 Å². The average molecular weight is 446 g/mol. The van der Waals surface area contributed by atoms with Crippen LogP contribution in [0, 0.1) is 0 Å². The van der Waals surface area contributed by atoms with E-state index in [0.717, 1.165) is 17.0 Å². The number of Topliss-reactive ketones (excluding diaryl/α,β-unsaturated/α-hetero) is 1. The topological polar surface area (TPSA) is 88.4 Å². The zero-order valence-corrected chi connectivity index (χ0v) is 17.9. The summed E-state index contributed by atoms with van der Waals surface area (Å²) in [6, 6.07) is 16.5. The Hall–Kier alpha value is -3.85. The first-order chi connectivity index (χ1) is 15.7. The van der Waals surface area contributed by atoms with Crippen LogP contribution in [0.3, 0.4) is 0 Å². The van der Waals surface area contributed by atoms with Crippen molar-refractivity contribution >= 4 is 17.5 Å². The third-order valence-corrected chi connectivity index (χ3v) is 5.86. The summed E-state index contributed by atoms with van der Waals surface area (Å²) >= 11 is 1.32. The van der Waals surface area contributed by atoms with E-state index in [2.05, 4.69) is 15.2 Å². The molecule has 2 aromatic carbocycles. The van der Waals surface area contributed by atoms with E-state index in [1.54, 1.807) is 37.7 Å². The predicted octanol–water partition coefficient (Wildman–Crippen LogP) is 4.04.